The van der Waals surface area contributed by atoms with Gasteiger partial charge < -0.3 is 20.4 Å². The fraction of sp³-hybridized carbons (Fsp3) is 0.300. The van der Waals surface area contributed by atoms with Crippen LogP contribution in [0.1, 0.15) is 42.1 Å². The zero-order chi connectivity index (χ0) is 18.8. The van der Waals surface area contributed by atoms with Crippen LogP contribution >= 0.6 is 0 Å². The first-order chi connectivity index (χ1) is 12.6. The van der Waals surface area contributed by atoms with Crippen molar-refractivity contribution in [2.45, 2.75) is 32.3 Å². The topological polar surface area (TPSA) is 94.1 Å². The number of benzene rings is 2. The molecule has 0 aromatic heterocycles. The Morgan fingerprint density at radius 2 is 1.85 bits per heavy atom. The Morgan fingerprint density at radius 3 is 2.58 bits per heavy atom. The van der Waals surface area contributed by atoms with Crippen LogP contribution in [-0.4, -0.2) is 30.0 Å². The molecule has 2 rings (SSSR count). The number of rotatable bonds is 10. The molecular formula is C20H24N2O4. The first-order valence-electron chi connectivity index (χ1n) is 8.56. The molecule has 0 aliphatic heterocycles. The number of primary amides is 1. The summed E-state index contributed by atoms with van der Waals surface area (Å²) in [6.07, 6.45) is 3.91. The van der Waals surface area contributed by atoms with Crippen LogP contribution in [0.3, 0.4) is 0 Å². The minimum absolute atomic E-state index is 0.0377. The van der Waals surface area contributed by atoms with Crippen molar-refractivity contribution < 1.29 is 19.5 Å². The monoisotopic (exact) mass is 356 g/mol. The van der Waals surface area contributed by atoms with Gasteiger partial charge in [-0.05, 0) is 50.5 Å². The van der Waals surface area contributed by atoms with E-state index in [2.05, 4.69) is 5.16 Å². The second-order valence-corrected chi connectivity index (χ2v) is 5.92. The lowest BCUT2D eigenvalue weighted by Crippen LogP contribution is -2.17. The Kier molecular flexibility index (Phi) is 7.49. The molecule has 0 fully saturated rings. The molecule has 0 bridgehead atoms. The fourth-order valence-electron chi connectivity index (χ4n) is 2.55. The van der Waals surface area contributed by atoms with Crippen molar-refractivity contribution in [1.29, 1.82) is 0 Å². The second kappa shape index (κ2) is 10.1. The van der Waals surface area contributed by atoms with E-state index in [4.69, 9.17) is 20.4 Å². The predicted molar refractivity (Wildman–Crippen MR) is 100 cm³/mol. The maximum Gasteiger partial charge on any atom is 0.252 e. The fourth-order valence-corrected chi connectivity index (χ4v) is 2.55. The van der Waals surface area contributed by atoms with Gasteiger partial charge in [0, 0.05) is 5.56 Å². The predicted octanol–water partition coefficient (Wildman–Crippen LogP) is 3.61. The van der Waals surface area contributed by atoms with Gasteiger partial charge in [-0.15, -0.1) is 0 Å². The Bertz CT molecular complexity index is 746. The summed E-state index contributed by atoms with van der Waals surface area (Å²) in [5.74, 6) is 0.706. The van der Waals surface area contributed by atoms with Gasteiger partial charge in [0.1, 0.15) is 11.5 Å². The van der Waals surface area contributed by atoms with Gasteiger partial charge in [0.2, 0.25) is 0 Å². The van der Waals surface area contributed by atoms with Gasteiger partial charge in [-0.1, -0.05) is 29.4 Å². The van der Waals surface area contributed by atoms with Gasteiger partial charge in [0.15, 0.2) is 0 Å². The first-order valence-corrected chi connectivity index (χ1v) is 8.56. The minimum Gasteiger partial charge on any atom is -0.493 e. The van der Waals surface area contributed by atoms with Gasteiger partial charge in [-0.3, -0.25) is 4.79 Å². The van der Waals surface area contributed by atoms with Crippen molar-refractivity contribution in [1.82, 2.24) is 0 Å². The SMILES string of the molecule is CC(CCCCOc1ccccc1/C=N\O)Oc1ccccc1C(N)=O. The molecule has 0 aliphatic rings. The Balaban J connectivity index is 1.74. The molecule has 138 valence electrons. The molecule has 2 aromatic rings. The van der Waals surface area contributed by atoms with Crippen molar-refractivity contribution >= 4 is 12.1 Å². The van der Waals surface area contributed by atoms with Crippen LogP contribution in [0.2, 0.25) is 0 Å². The lowest BCUT2D eigenvalue weighted by Gasteiger charge is -2.16. The van der Waals surface area contributed by atoms with Crippen LogP contribution in [-0.2, 0) is 0 Å². The maximum absolute atomic E-state index is 11.4. The van der Waals surface area contributed by atoms with Crippen molar-refractivity contribution in [2.75, 3.05) is 6.61 Å². The average molecular weight is 356 g/mol. The summed E-state index contributed by atoms with van der Waals surface area (Å²) in [5, 5.41) is 11.7. The summed E-state index contributed by atoms with van der Waals surface area (Å²) in [6.45, 7) is 2.52. The van der Waals surface area contributed by atoms with E-state index in [1.165, 1.54) is 6.21 Å². The summed E-state index contributed by atoms with van der Waals surface area (Å²) in [5.41, 5.74) is 6.48. The van der Waals surface area contributed by atoms with E-state index in [-0.39, 0.29) is 6.10 Å². The zero-order valence-corrected chi connectivity index (χ0v) is 14.8. The van der Waals surface area contributed by atoms with Gasteiger partial charge in [0.25, 0.3) is 5.91 Å². The molecule has 1 unspecified atom stereocenters. The number of carbonyl (C=O) groups excluding carboxylic acids is 1. The summed E-state index contributed by atoms with van der Waals surface area (Å²) >= 11 is 0. The number of carbonyl (C=O) groups is 1. The molecule has 0 aliphatic carbocycles. The lowest BCUT2D eigenvalue weighted by molar-refractivity contribution is 0.0993. The summed E-state index contributed by atoms with van der Waals surface area (Å²) in [7, 11) is 0. The van der Waals surface area contributed by atoms with E-state index in [1.807, 2.05) is 37.3 Å². The van der Waals surface area contributed by atoms with E-state index in [0.29, 0.717) is 23.7 Å². The number of nitrogens with two attached hydrogens (primary N) is 1. The zero-order valence-electron chi connectivity index (χ0n) is 14.8. The molecule has 0 saturated heterocycles. The molecule has 26 heavy (non-hydrogen) atoms. The van der Waals surface area contributed by atoms with E-state index < -0.39 is 5.91 Å². The second-order valence-electron chi connectivity index (χ2n) is 5.92. The number of para-hydroxylation sites is 2. The first kappa shape index (κ1) is 19.3. The van der Waals surface area contributed by atoms with Crippen LogP contribution in [0, 0.1) is 0 Å². The van der Waals surface area contributed by atoms with E-state index in [1.54, 1.807) is 18.2 Å². The van der Waals surface area contributed by atoms with Crippen LogP contribution in [0.25, 0.3) is 0 Å². The average Bonchev–Trinajstić information content (AvgIpc) is 2.63. The molecule has 2 aromatic carbocycles. The molecule has 0 spiro atoms. The highest BCUT2D eigenvalue weighted by Crippen LogP contribution is 2.20. The largest absolute Gasteiger partial charge is 0.493 e. The Hall–Kier alpha value is -3.02. The van der Waals surface area contributed by atoms with Crippen molar-refractivity contribution in [2.24, 2.45) is 10.9 Å². The van der Waals surface area contributed by atoms with Crippen LogP contribution < -0.4 is 15.2 Å². The Morgan fingerprint density at radius 1 is 1.15 bits per heavy atom. The van der Waals surface area contributed by atoms with Crippen LogP contribution in [0.4, 0.5) is 0 Å². The molecule has 1 amide bonds. The standard InChI is InChI=1S/C20H24N2O4/c1-15(26-19-12-5-3-10-17(19)20(21)23)8-6-7-13-25-18-11-4-2-9-16(18)14-22-24/h2-5,9-12,14-15,24H,6-8,13H2,1H3,(H2,21,23)/b22-14-. The highest BCUT2D eigenvalue weighted by Gasteiger charge is 2.11. The van der Waals surface area contributed by atoms with E-state index >= 15 is 0 Å². The minimum atomic E-state index is -0.494. The number of oxime groups is 1. The normalized spacial score (nSPS) is 12.0. The smallest absolute Gasteiger partial charge is 0.252 e. The summed E-state index contributed by atoms with van der Waals surface area (Å²) in [6, 6.07) is 14.4. The van der Waals surface area contributed by atoms with Gasteiger partial charge >= 0.3 is 0 Å². The molecular weight excluding hydrogens is 332 g/mol. The highest BCUT2D eigenvalue weighted by molar-refractivity contribution is 5.95. The number of nitrogens with zero attached hydrogens (tertiary/aromatic N) is 1. The highest BCUT2D eigenvalue weighted by atomic mass is 16.5. The summed E-state index contributed by atoms with van der Waals surface area (Å²) < 4.78 is 11.6. The number of amides is 1. The van der Waals surface area contributed by atoms with Crippen molar-refractivity contribution in [3.8, 4) is 11.5 Å². The van der Waals surface area contributed by atoms with Crippen LogP contribution in [0.5, 0.6) is 11.5 Å². The van der Waals surface area contributed by atoms with Crippen molar-refractivity contribution in [3.63, 3.8) is 0 Å². The summed E-state index contributed by atoms with van der Waals surface area (Å²) in [4.78, 5) is 11.4. The molecule has 0 saturated carbocycles. The third-order valence-corrected chi connectivity index (χ3v) is 3.86. The third kappa shape index (κ3) is 5.81. The number of unbranched alkanes of at least 4 members (excludes halogenated alkanes) is 1. The number of hydrogen-bond donors (Lipinski definition) is 2. The molecule has 0 radical (unpaired) electrons. The molecule has 6 nitrogen and oxygen atoms in total. The van der Waals surface area contributed by atoms with Gasteiger partial charge in [0.05, 0.1) is 24.5 Å². The third-order valence-electron chi connectivity index (χ3n) is 3.86. The molecule has 0 heterocycles. The van der Waals surface area contributed by atoms with Gasteiger partial charge in [-0.2, -0.15) is 0 Å². The molecule has 1 atom stereocenters. The van der Waals surface area contributed by atoms with Gasteiger partial charge in [-0.25, -0.2) is 0 Å². The Labute approximate surface area is 153 Å². The van der Waals surface area contributed by atoms with Crippen LogP contribution in [0.15, 0.2) is 53.7 Å². The van der Waals surface area contributed by atoms with E-state index in [0.717, 1.165) is 24.8 Å². The lowest BCUT2D eigenvalue weighted by atomic mass is 10.1. The number of hydrogen-bond acceptors (Lipinski definition) is 5. The molecule has 6 heteroatoms. The number of ether oxygens (including phenoxy) is 2. The molecule has 3 N–H and O–H groups in total. The quantitative estimate of drug-likeness (QED) is 0.294. The maximum atomic E-state index is 11.4. The van der Waals surface area contributed by atoms with Crippen molar-refractivity contribution in [3.05, 3.63) is 59.7 Å². The van der Waals surface area contributed by atoms with E-state index in [9.17, 15) is 4.79 Å².